The minimum Gasteiger partial charge on any atom is -0.449 e. The fourth-order valence-corrected chi connectivity index (χ4v) is 2.25. The summed E-state index contributed by atoms with van der Waals surface area (Å²) in [7, 11) is 2.17. The van der Waals surface area contributed by atoms with Crippen LogP contribution in [0.5, 0.6) is 0 Å². The van der Waals surface area contributed by atoms with E-state index in [0.717, 1.165) is 18.0 Å². The monoisotopic (exact) mass is 238 g/mol. The summed E-state index contributed by atoms with van der Waals surface area (Å²) >= 11 is 0. The van der Waals surface area contributed by atoms with Gasteiger partial charge < -0.3 is 14.4 Å². The molecule has 1 aliphatic heterocycles. The van der Waals surface area contributed by atoms with Crippen molar-refractivity contribution in [1.29, 1.82) is 0 Å². The molecule has 0 amide bonds. The summed E-state index contributed by atoms with van der Waals surface area (Å²) in [6.07, 6.45) is 5.07. The first-order valence-electron chi connectivity index (χ1n) is 6.42. The quantitative estimate of drug-likeness (QED) is 0.866. The van der Waals surface area contributed by atoms with E-state index in [4.69, 9.17) is 9.52 Å². The van der Waals surface area contributed by atoms with E-state index in [-0.39, 0.29) is 12.5 Å². The van der Waals surface area contributed by atoms with Gasteiger partial charge in [-0.25, -0.2) is 4.98 Å². The zero-order chi connectivity index (χ0) is 12.3. The van der Waals surface area contributed by atoms with Crippen LogP contribution in [-0.2, 0) is 6.42 Å². The number of likely N-dealkylation sites (tertiary alicyclic amines) is 1. The molecule has 0 aliphatic carbocycles. The van der Waals surface area contributed by atoms with Crippen LogP contribution in [0.2, 0.25) is 0 Å². The maximum Gasteiger partial charge on any atom is 0.194 e. The lowest BCUT2D eigenvalue weighted by molar-refractivity contribution is 0.212. The van der Waals surface area contributed by atoms with Gasteiger partial charge in [0, 0.05) is 12.3 Å². The molecule has 1 aromatic rings. The molecule has 0 aromatic carbocycles. The molecular weight excluding hydrogens is 216 g/mol. The van der Waals surface area contributed by atoms with Crippen LogP contribution in [0.25, 0.3) is 0 Å². The van der Waals surface area contributed by atoms with E-state index in [1.807, 2.05) is 6.92 Å². The van der Waals surface area contributed by atoms with Crippen molar-refractivity contribution in [3.63, 3.8) is 0 Å². The molecule has 0 saturated carbocycles. The maximum absolute atomic E-state index is 9.06. The zero-order valence-corrected chi connectivity index (χ0v) is 10.7. The van der Waals surface area contributed by atoms with Gasteiger partial charge in [0.05, 0.1) is 12.3 Å². The second-order valence-electron chi connectivity index (χ2n) is 5.20. The highest BCUT2D eigenvalue weighted by Crippen LogP contribution is 2.22. The molecule has 2 heterocycles. The largest absolute Gasteiger partial charge is 0.449 e. The number of aliphatic hydroxyl groups is 1. The molecule has 0 radical (unpaired) electrons. The van der Waals surface area contributed by atoms with Crippen molar-refractivity contribution in [2.75, 3.05) is 26.7 Å². The van der Waals surface area contributed by atoms with E-state index in [9.17, 15) is 0 Å². The molecule has 17 heavy (non-hydrogen) atoms. The van der Waals surface area contributed by atoms with Crippen LogP contribution in [0, 0.1) is 5.92 Å². The number of aromatic nitrogens is 1. The molecule has 1 N–H and O–H groups in total. The molecule has 1 atom stereocenters. The standard InChI is InChI=1S/C13H22N2O2/c1-10(8-16)12-9-17-13(14-12)7-11-3-5-15(2)6-4-11/h9-11,16H,3-8H2,1-2H3. The Bertz CT molecular complexity index is 343. The Hall–Kier alpha value is -0.870. The first-order valence-corrected chi connectivity index (χ1v) is 6.42. The Kier molecular flexibility index (Phi) is 4.18. The van der Waals surface area contributed by atoms with Gasteiger partial charge in [0.25, 0.3) is 0 Å². The van der Waals surface area contributed by atoms with E-state index in [1.165, 1.54) is 25.9 Å². The first-order chi connectivity index (χ1) is 8.19. The average molecular weight is 238 g/mol. The van der Waals surface area contributed by atoms with Crippen molar-refractivity contribution in [3.8, 4) is 0 Å². The van der Waals surface area contributed by atoms with E-state index in [1.54, 1.807) is 6.26 Å². The van der Waals surface area contributed by atoms with Crippen molar-refractivity contribution < 1.29 is 9.52 Å². The highest BCUT2D eigenvalue weighted by atomic mass is 16.3. The molecule has 1 saturated heterocycles. The molecule has 0 bridgehead atoms. The number of hydrogen-bond donors (Lipinski definition) is 1. The Balaban J connectivity index is 1.88. The summed E-state index contributed by atoms with van der Waals surface area (Å²) in [5.41, 5.74) is 0.871. The van der Waals surface area contributed by atoms with Gasteiger partial charge in [-0.1, -0.05) is 6.92 Å². The lowest BCUT2D eigenvalue weighted by Crippen LogP contribution is -2.31. The lowest BCUT2D eigenvalue weighted by Gasteiger charge is -2.28. The summed E-state index contributed by atoms with van der Waals surface area (Å²) in [4.78, 5) is 6.82. The van der Waals surface area contributed by atoms with E-state index >= 15 is 0 Å². The number of nitrogens with zero attached hydrogens (tertiary/aromatic N) is 2. The number of hydrogen-bond acceptors (Lipinski definition) is 4. The average Bonchev–Trinajstić information content (AvgIpc) is 2.80. The van der Waals surface area contributed by atoms with Gasteiger partial charge in [-0.15, -0.1) is 0 Å². The van der Waals surface area contributed by atoms with Gasteiger partial charge in [0.15, 0.2) is 5.89 Å². The molecule has 1 aliphatic rings. The number of piperidine rings is 1. The molecule has 1 fully saturated rings. The molecule has 1 unspecified atom stereocenters. The molecule has 96 valence electrons. The fraction of sp³-hybridized carbons (Fsp3) is 0.769. The van der Waals surface area contributed by atoms with Gasteiger partial charge in [0.1, 0.15) is 6.26 Å². The van der Waals surface area contributed by atoms with E-state index < -0.39 is 0 Å². The summed E-state index contributed by atoms with van der Waals surface area (Å²) in [6, 6.07) is 0. The number of oxazole rings is 1. The summed E-state index contributed by atoms with van der Waals surface area (Å²) in [6.45, 7) is 4.42. The molecule has 1 aromatic heterocycles. The van der Waals surface area contributed by atoms with Gasteiger partial charge in [-0.2, -0.15) is 0 Å². The lowest BCUT2D eigenvalue weighted by atomic mass is 9.94. The summed E-state index contributed by atoms with van der Waals surface area (Å²) in [5.74, 6) is 1.60. The van der Waals surface area contributed by atoms with Crippen LogP contribution in [0.15, 0.2) is 10.7 Å². The van der Waals surface area contributed by atoms with Gasteiger partial charge >= 0.3 is 0 Å². The Morgan fingerprint density at radius 1 is 1.53 bits per heavy atom. The molecule has 2 rings (SSSR count). The van der Waals surface area contributed by atoms with Crippen LogP contribution in [0.3, 0.4) is 0 Å². The van der Waals surface area contributed by atoms with Crippen molar-refractivity contribution in [2.45, 2.75) is 32.1 Å². The molecular formula is C13H22N2O2. The fourth-order valence-electron chi connectivity index (χ4n) is 2.25. The van der Waals surface area contributed by atoms with E-state index in [2.05, 4.69) is 16.9 Å². The molecule has 4 nitrogen and oxygen atoms in total. The highest BCUT2D eigenvalue weighted by molar-refractivity contribution is 5.03. The van der Waals surface area contributed by atoms with Crippen LogP contribution in [-0.4, -0.2) is 41.7 Å². The summed E-state index contributed by atoms with van der Waals surface area (Å²) < 4.78 is 5.48. The van der Waals surface area contributed by atoms with Crippen LogP contribution >= 0.6 is 0 Å². The topological polar surface area (TPSA) is 49.5 Å². The first kappa shape index (κ1) is 12.6. The third-order valence-electron chi connectivity index (χ3n) is 3.65. The van der Waals surface area contributed by atoms with E-state index in [0.29, 0.717) is 5.92 Å². The molecule has 4 heteroatoms. The normalized spacial score (nSPS) is 20.6. The highest BCUT2D eigenvalue weighted by Gasteiger charge is 2.19. The SMILES string of the molecule is CC(CO)c1coc(CC2CCN(C)CC2)n1. The van der Waals surface area contributed by atoms with Crippen molar-refractivity contribution in [2.24, 2.45) is 5.92 Å². The zero-order valence-electron chi connectivity index (χ0n) is 10.7. The Morgan fingerprint density at radius 3 is 2.88 bits per heavy atom. The predicted molar refractivity (Wildman–Crippen MR) is 65.9 cm³/mol. The number of aliphatic hydroxyl groups excluding tert-OH is 1. The van der Waals surface area contributed by atoms with Crippen LogP contribution in [0.1, 0.15) is 37.3 Å². The molecule has 0 spiro atoms. The van der Waals surface area contributed by atoms with Crippen LogP contribution < -0.4 is 0 Å². The van der Waals surface area contributed by atoms with Gasteiger partial charge in [-0.3, -0.25) is 0 Å². The second-order valence-corrected chi connectivity index (χ2v) is 5.20. The Morgan fingerprint density at radius 2 is 2.24 bits per heavy atom. The third-order valence-corrected chi connectivity index (χ3v) is 3.65. The van der Waals surface area contributed by atoms with Gasteiger partial charge in [-0.05, 0) is 38.9 Å². The predicted octanol–water partition coefficient (Wildman–Crippen LogP) is 1.65. The van der Waals surface area contributed by atoms with Gasteiger partial charge in [0.2, 0.25) is 0 Å². The minimum absolute atomic E-state index is 0.0741. The maximum atomic E-state index is 9.06. The smallest absolute Gasteiger partial charge is 0.194 e. The van der Waals surface area contributed by atoms with Crippen molar-refractivity contribution >= 4 is 0 Å². The van der Waals surface area contributed by atoms with Crippen molar-refractivity contribution in [3.05, 3.63) is 17.8 Å². The van der Waals surface area contributed by atoms with Crippen LogP contribution in [0.4, 0.5) is 0 Å². The third kappa shape index (κ3) is 3.30. The Labute approximate surface area is 103 Å². The minimum atomic E-state index is 0.0741. The van der Waals surface area contributed by atoms with Crippen molar-refractivity contribution in [1.82, 2.24) is 9.88 Å². The summed E-state index contributed by atoms with van der Waals surface area (Å²) in [5, 5.41) is 9.06. The second kappa shape index (κ2) is 5.65. The number of rotatable bonds is 4.